The van der Waals surface area contributed by atoms with Gasteiger partial charge in [0.1, 0.15) is 5.82 Å². The van der Waals surface area contributed by atoms with Gasteiger partial charge >= 0.3 is 0 Å². The number of carbonyl (C=O) groups excluding carboxylic acids is 1. The lowest BCUT2D eigenvalue weighted by Gasteiger charge is -2.06. The number of aromatic amines is 1. The molecule has 0 fully saturated rings. The molecule has 7 heteroatoms. The van der Waals surface area contributed by atoms with Crippen LogP contribution in [-0.2, 0) is 0 Å². The van der Waals surface area contributed by atoms with Crippen LogP contribution in [0.5, 0.6) is 0 Å². The maximum absolute atomic E-state index is 13.0. The summed E-state index contributed by atoms with van der Waals surface area (Å²) in [5.74, 6) is -2.54. The van der Waals surface area contributed by atoms with Gasteiger partial charge in [0.25, 0.3) is 5.91 Å². The number of hydrogen-bond acceptors (Lipinski definition) is 3. The Labute approximate surface area is 94.6 Å². The summed E-state index contributed by atoms with van der Waals surface area (Å²) in [6, 6.07) is 3.02. The molecule has 0 saturated carbocycles. The highest BCUT2D eigenvalue weighted by Gasteiger charge is 2.14. The molecule has 0 aliphatic carbocycles. The number of rotatable bonds is 2. The van der Waals surface area contributed by atoms with Gasteiger partial charge in [-0.05, 0) is 6.07 Å². The third-order valence-electron chi connectivity index (χ3n) is 2.09. The summed E-state index contributed by atoms with van der Waals surface area (Å²) >= 11 is 0. The number of nitrogens with one attached hydrogen (secondary N) is 2. The molecule has 1 heterocycles. The number of anilines is 2. The largest absolute Gasteiger partial charge is 0.398 e. The third-order valence-corrected chi connectivity index (χ3v) is 2.09. The third kappa shape index (κ3) is 2.22. The zero-order valence-corrected chi connectivity index (χ0v) is 8.50. The van der Waals surface area contributed by atoms with E-state index >= 15 is 0 Å². The predicted octanol–water partition coefficient (Wildman–Crippen LogP) is 1.52. The van der Waals surface area contributed by atoms with Crippen LogP contribution in [0.2, 0.25) is 0 Å². The van der Waals surface area contributed by atoms with Crippen LogP contribution in [-0.4, -0.2) is 16.1 Å². The van der Waals surface area contributed by atoms with Gasteiger partial charge in [0.15, 0.2) is 11.6 Å². The van der Waals surface area contributed by atoms with E-state index in [0.29, 0.717) is 5.82 Å². The second-order valence-corrected chi connectivity index (χ2v) is 3.28. The number of hydrogen-bond donors (Lipinski definition) is 3. The normalized spacial score (nSPS) is 10.2. The van der Waals surface area contributed by atoms with Gasteiger partial charge in [-0.15, -0.1) is 0 Å². The van der Waals surface area contributed by atoms with E-state index in [1.807, 2.05) is 0 Å². The maximum atomic E-state index is 13.0. The zero-order valence-electron chi connectivity index (χ0n) is 8.50. The van der Waals surface area contributed by atoms with Crippen LogP contribution in [0.1, 0.15) is 10.4 Å². The standard InChI is InChI=1S/C10H8F2N4O/c11-6-3-5(8(13)4-7(6)12)10(17)15-9-1-2-14-16-9/h1-4H,13H2,(H2,14,15,16,17). The summed E-state index contributed by atoms with van der Waals surface area (Å²) in [6.45, 7) is 0. The molecule has 0 radical (unpaired) electrons. The average Bonchev–Trinajstić information content (AvgIpc) is 2.76. The van der Waals surface area contributed by atoms with Crippen molar-refractivity contribution in [3.8, 4) is 0 Å². The number of halogens is 2. The first kappa shape index (κ1) is 11.1. The lowest BCUT2D eigenvalue weighted by Crippen LogP contribution is -2.15. The van der Waals surface area contributed by atoms with Crippen molar-refractivity contribution in [2.24, 2.45) is 0 Å². The van der Waals surface area contributed by atoms with Crippen LogP contribution in [0.3, 0.4) is 0 Å². The number of nitrogens with zero attached hydrogens (tertiary/aromatic N) is 1. The quantitative estimate of drug-likeness (QED) is 0.693. The summed E-state index contributed by atoms with van der Waals surface area (Å²) in [6.07, 6.45) is 1.43. The Morgan fingerprint density at radius 3 is 2.71 bits per heavy atom. The van der Waals surface area contributed by atoms with Crippen LogP contribution in [0.4, 0.5) is 20.3 Å². The van der Waals surface area contributed by atoms with E-state index in [4.69, 9.17) is 5.73 Å². The van der Waals surface area contributed by atoms with Gasteiger partial charge in [0.2, 0.25) is 0 Å². The maximum Gasteiger partial charge on any atom is 0.259 e. The topological polar surface area (TPSA) is 83.8 Å². The number of aromatic nitrogens is 2. The van der Waals surface area contributed by atoms with E-state index in [1.165, 1.54) is 12.3 Å². The van der Waals surface area contributed by atoms with Gasteiger partial charge in [0, 0.05) is 17.8 Å². The molecule has 0 bridgehead atoms. The number of nitrogens with two attached hydrogens (primary N) is 1. The lowest BCUT2D eigenvalue weighted by molar-refractivity contribution is 0.102. The van der Waals surface area contributed by atoms with Crippen molar-refractivity contribution >= 4 is 17.4 Å². The molecule has 2 aromatic rings. The summed E-state index contributed by atoms with van der Waals surface area (Å²) in [5, 5.41) is 8.51. The van der Waals surface area contributed by atoms with Crippen molar-refractivity contribution in [3.63, 3.8) is 0 Å². The molecular weight excluding hydrogens is 230 g/mol. The van der Waals surface area contributed by atoms with E-state index in [1.54, 1.807) is 0 Å². The van der Waals surface area contributed by atoms with Gasteiger partial charge in [-0.1, -0.05) is 0 Å². The molecule has 2 rings (SSSR count). The lowest BCUT2D eigenvalue weighted by atomic mass is 10.1. The monoisotopic (exact) mass is 238 g/mol. The average molecular weight is 238 g/mol. The highest BCUT2D eigenvalue weighted by molar-refractivity contribution is 6.07. The van der Waals surface area contributed by atoms with Gasteiger partial charge in [-0.2, -0.15) is 5.10 Å². The molecule has 88 valence electrons. The molecule has 4 N–H and O–H groups in total. The minimum Gasteiger partial charge on any atom is -0.398 e. The SMILES string of the molecule is Nc1cc(F)c(F)cc1C(=O)Nc1ccn[nH]1. The predicted molar refractivity (Wildman–Crippen MR) is 57.3 cm³/mol. The van der Waals surface area contributed by atoms with Crippen molar-refractivity contribution in [2.45, 2.75) is 0 Å². The van der Waals surface area contributed by atoms with Gasteiger partial charge in [-0.3, -0.25) is 9.89 Å². The summed E-state index contributed by atoms with van der Waals surface area (Å²) < 4.78 is 25.8. The first-order chi connectivity index (χ1) is 8.08. The van der Waals surface area contributed by atoms with Crippen molar-refractivity contribution in [3.05, 3.63) is 41.6 Å². The molecule has 17 heavy (non-hydrogen) atoms. The number of carbonyl (C=O) groups is 1. The number of nitrogen functional groups attached to an aromatic ring is 1. The molecule has 0 aliphatic heterocycles. The Kier molecular flexibility index (Phi) is 2.73. The minimum atomic E-state index is -1.13. The van der Waals surface area contributed by atoms with Crippen LogP contribution in [0.25, 0.3) is 0 Å². The highest BCUT2D eigenvalue weighted by atomic mass is 19.2. The van der Waals surface area contributed by atoms with Crippen molar-refractivity contribution < 1.29 is 13.6 Å². The van der Waals surface area contributed by atoms with Crippen LogP contribution in [0, 0.1) is 11.6 Å². The Balaban J connectivity index is 2.28. The van der Waals surface area contributed by atoms with Crippen molar-refractivity contribution in [1.29, 1.82) is 0 Å². The molecule has 0 spiro atoms. The van der Waals surface area contributed by atoms with Gasteiger partial charge < -0.3 is 11.1 Å². The van der Waals surface area contributed by atoms with Gasteiger partial charge in [0.05, 0.1) is 11.8 Å². The molecule has 0 atom stereocenters. The fourth-order valence-corrected chi connectivity index (χ4v) is 1.27. The molecule has 0 aliphatic rings. The zero-order chi connectivity index (χ0) is 12.4. The Bertz CT molecular complexity index is 554. The fourth-order valence-electron chi connectivity index (χ4n) is 1.27. The molecule has 1 aromatic carbocycles. The van der Waals surface area contributed by atoms with Crippen LogP contribution in [0.15, 0.2) is 24.4 Å². The fraction of sp³-hybridized carbons (Fsp3) is 0. The number of H-pyrrole nitrogens is 1. The van der Waals surface area contributed by atoms with E-state index in [2.05, 4.69) is 15.5 Å². The second kappa shape index (κ2) is 4.20. The first-order valence-corrected chi connectivity index (χ1v) is 4.63. The second-order valence-electron chi connectivity index (χ2n) is 3.28. The molecule has 5 nitrogen and oxygen atoms in total. The van der Waals surface area contributed by atoms with Crippen LogP contribution >= 0.6 is 0 Å². The summed E-state index contributed by atoms with van der Waals surface area (Å²) in [7, 11) is 0. The molecule has 0 saturated heterocycles. The van der Waals surface area contributed by atoms with E-state index in [0.717, 1.165) is 12.1 Å². The summed E-state index contributed by atoms with van der Waals surface area (Å²) in [5.41, 5.74) is 5.15. The first-order valence-electron chi connectivity index (χ1n) is 4.63. The highest BCUT2D eigenvalue weighted by Crippen LogP contribution is 2.18. The van der Waals surface area contributed by atoms with E-state index in [-0.39, 0.29) is 11.3 Å². The smallest absolute Gasteiger partial charge is 0.259 e. The Morgan fingerprint density at radius 1 is 1.35 bits per heavy atom. The van der Waals surface area contributed by atoms with Crippen molar-refractivity contribution in [1.82, 2.24) is 10.2 Å². The number of benzene rings is 1. The van der Waals surface area contributed by atoms with Crippen LogP contribution < -0.4 is 11.1 Å². The Morgan fingerprint density at radius 2 is 2.06 bits per heavy atom. The molecule has 1 amide bonds. The molecular formula is C10H8F2N4O. The summed E-state index contributed by atoms with van der Waals surface area (Å²) in [4.78, 5) is 11.7. The van der Waals surface area contributed by atoms with E-state index < -0.39 is 17.5 Å². The van der Waals surface area contributed by atoms with Crippen molar-refractivity contribution in [2.75, 3.05) is 11.1 Å². The minimum absolute atomic E-state index is 0.138. The molecule has 1 aromatic heterocycles. The number of amides is 1. The van der Waals surface area contributed by atoms with Gasteiger partial charge in [-0.25, -0.2) is 8.78 Å². The molecule has 0 unspecified atom stereocenters. The Hall–Kier alpha value is -2.44. The van der Waals surface area contributed by atoms with E-state index in [9.17, 15) is 13.6 Å².